The maximum atomic E-state index is 13.7. The van der Waals surface area contributed by atoms with Gasteiger partial charge in [0.1, 0.15) is 89.3 Å². The van der Waals surface area contributed by atoms with Crippen molar-refractivity contribution < 1.29 is 117 Å². The molecule has 0 saturated carbocycles. The Bertz CT molecular complexity index is 7060. The smallest absolute Gasteiger partial charge is 0.329 e. The number of carboxylic acids is 2. The van der Waals surface area contributed by atoms with E-state index in [9.17, 15) is 52.1 Å². The van der Waals surface area contributed by atoms with Crippen molar-refractivity contribution in [3.05, 3.63) is 329 Å². The van der Waals surface area contributed by atoms with Crippen molar-refractivity contribution in [1.82, 2.24) is 19.9 Å². The lowest BCUT2D eigenvalue weighted by Crippen LogP contribution is -2.46. The fraction of sp³-hybridized carbons (Fsp3) is 0.216. The van der Waals surface area contributed by atoms with Crippen molar-refractivity contribution >= 4 is 139 Å². The van der Waals surface area contributed by atoms with Crippen LogP contribution in [0.4, 0.5) is 41.6 Å². The van der Waals surface area contributed by atoms with Crippen LogP contribution in [-0.2, 0) is 107 Å². The molecule has 4 aliphatic rings. The molecule has 0 spiro atoms. The summed E-state index contributed by atoms with van der Waals surface area (Å²) in [5.41, 5.74) is 12.8. The number of anilines is 4. The normalized spacial score (nSPS) is 15.0. The van der Waals surface area contributed by atoms with Gasteiger partial charge in [0, 0.05) is 118 Å². The number of carbonyl (C=O) groups is 4. The number of aromatic hydroxyl groups is 1. The van der Waals surface area contributed by atoms with Gasteiger partial charge in [0.15, 0.2) is 68.3 Å². The van der Waals surface area contributed by atoms with Crippen molar-refractivity contribution in [2.75, 3.05) is 62.3 Å². The lowest BCUT2D eigenvalue weighted by molar-refractivity contribution is -0.143. The fourth-order valence-corrected chi connectivity index (χ4v) is 17.4. The summed E-state index contributed by atoms with van der Waals surface area (Å²) < 4.78 is 127. The topological polar surface area (TPSA) is 349 Å². The van der Waals surface area contributed by atoms with Crippen molar-refractivity contribution in [3.63, 3.8) is 0 Å². The number of carboxylic acid groups (broad SMARTS) is 2. The number of oxazole rings is 4. The molecular weight excluding hydrogens is 1890 g/mol. The van der Waals surface area contributed by atoms with Crippen molar-refractivity contribution in [3.8, 4) is 46.0 Å². The van der Waals surface area contributed by atoms with E-state index in [2.05, 4.69) is 19.9 Å². The SMILES string of the molecule is COC(=O)[C@@H]1Cc2c(ccc(OC)c2O)CN1c1nc2ccc(F)cc2o1.COC(=O)[C@@H]1Cc2c(ccc(OC)c2OCc2cccc(Cl)c2)CN1c1nc2ccc(F)cc2o1.COc1ccc2c(c1OCc1cccc(Cl)c1)C[C@@H](C(=O)O)N(c1nc3ccc(F)cc3o1)C2.COc1ccc2c(c1OCc1cccc(Cl)c1)C[C@@H](C(=O)O)N(c1nc3ccc(F)cc3o1)C2.OCc1cccc(Cl)c1. The number of halogens is 8. The Morgan fingerprint density at radius 3 is 0.892 bits per heavy atom. The minimum atomic E-state index is -1.04. The average Bonchev–Trinajstić information content (AvgIpc) is 1.75. The number of hydrogen-bond donors (Lipinski definition) is 4. The molecular formula is C102H86Cl4F4N8O21. The van der Waals surface area contributed by atoms with Gasteiger partial charge in [-0.1, -0.05) is 119 Å². The number of aliphatic hydroxyl groups excluding tert-OH is 1. The van der Waals surface area contributed by atoms with Crippen LogP contribution in [0.3, 0.4) is 0 Å². The third kappa shape index (κ3) is 22.0. The number of aliphatic hydroxyl groups is 1. The van der Waals surface area contributed by atoms with Gasteiger partial charge in [0.2, 0.25) is 0 Å². The van der Waals surface area contributed by atoms with Gasteiger partial charge in [0.05, 0.1) is 49.3 Å². The molecule has 139 heavy (non-hydrogen) atoms. The summed E-state index contributed by atoms with van der Waals surface area (Å²) in [6.07, 6.45) is 0.745. The molecule has 0 saturated heterocycles. The molecule has 0 bridgehead atoms. The van der Waals surface area contributed by atoms with Crippen LogP contribution in [0.15, 0.2) is 236 Å². The lowest BCUT2D eigenvalue weighted by atomic mass is 9.92. The van der Waals surface area contributed by atoms with E-state index in [0.717, 1.165) is 61.2 Å². The molecule has 37 heteroatoms. The van der Waals surface area contributed by atoms with Gasteiger partial charge in [-0.25, -0.2) is 36.7 Å². The molecule has 16 aromatic rings. The zero-order valence-corrected chi connectivity index (χ0v) is 77.9. The van der Waals surface area contributed by atoms with Gasteiger partial charge in [-0.3, -0.25) is 0 Å². The Balaban J connectivity index is 0.000000130. The Hall–Kier alpha value is -15.2. The largest absolute Gasteiger partial charge is 0.504 e. The number of aromatic nitrogens is 4. The van der Waals surface area contributed by atoms with Crippen LogP contribution in [0.1, 0.15) is 66.8 Å². The Labute approximate surface area is 810 Å². The van der Waals surface area contributed by atoms with Crippen LogP contribution in [0.25, 0.3) is 44.4 Å². The van der Waals surface area contributed by atoms with Crippen molar-refractivity contribution in [1.29, 1.82) is 0 Å². The van der Waals surface area contributed by atoms with E-state index >= 15 is 0 Å². The Morgan fingerprint density at radius 2 is 0.619 bits per heavy atom. The second-order valence-electron chi connectivity index (χ2n) is 32.0. The third-order valence-electron chi connectivity index (χ3n) is 23.4. The van der Waals surface area contributed by atoms with E-state index in [0.29, 0.717) is 100 Å². The highest BCUT2D eigenvalue weighted by Gasteiger charge is 2.43. The summed E-state index contributed by atoms with van der Waals surface area (Å²) in [6.45, 7) is 1.83. The second-order valence-corrected chi connectivity index (χ2v) is 33.8. The van der Waals surface area contributed by atoms with Gasteiger partial charge in [-0.15, -0.1) is 0 Å². The summed E-state index contributed by atoms with van der Waals surface area (Å²) in [7, 11) is 8.73. The maximum absolute atomic E-state index is 13.7. The number of benzene rings is 12. The highest BCUT2D eigenvalue weighted by molar-refractivity contribution is 6.31. The molecule has 20 rings (SSSR count). The Morgan fingerprint density at radius 1 is 0.353 bits per heavy atom. The van der Waals surface area contributed by atoms with Gasteiger partial charge in [0.25, 0.3) is 24.1 Å². The zero-order valence-electron chi connectivity index (χ0n) is 74.9. The van der Waals surface area contributed by atoms with Crippen LogP contribution >= 0.6 is 46.4 Å². The monoisotopic (exact) mass is 1970 g/mol. The molecule has 0 radical (unpaired) electrons. The summed E-state index contributed by atoms with van der Waals surface area (Å²) in [4.78, 5) is 73.8. The quantitative estimate of drug-likeness (QED) is 0.0362. The van der Waals surface area contributed by atoms with Gasteiger partial charge in [-0.05, 0) is 166 Å². The molecule has 0 aliphatic carbocycles. The number of aliphatic carboxylic acids is 2. The van der Waals surface area contributed by atoms with Crippen LogP contribution in [-0.4, -0.2) is 131 Å². The standard InChI is InChI=1S/C26H22ClFN2O5.2C25H20ClFN2O5.C19H17FN2O5.C7H7ClO/c1-32-22-9-6-16-13-30(26-29-20-8-7-18(28)11-23(20)35-26)21(25(31)33-2)12-19(16)24(22)34-14-15-4-3-5-17(27)10-15;2*1-32-21-8-5-15-12-29(25-28-19-7-6-17(27)10-22(19)34-25)20(24(30)31)11-18(15)23(21)33-13-14-3-2-4-16(26)9-14;1-25-15-6-3-10-9-22(14(18(24)26-2)8-12(10)17(15)23)19-21-13-5-4-11(20)7-16(13)27-19;8-7-3-1-2-6(4-7)5-9/h3-11,21H,12-14H2,1-2H3;2*2-10,20H,11-13H2,1H3,(H,30,31);3-7,14,23H,8-9H2,1-2H3;1-4,9H,5H2/t21-;2*20-;14-;/m0000./s1. The number of carbonyl (C=O) groups excluding carboxylic acids is 2. The summed E-state index contributed by atoms with van der Waals surface area (Å²) >= 11 is 23.9. The zero-order chi connectivity index (χ0) is 98.0. The number of phenols is 1. The van der Waals surface area contributed by atoms with Gasteiger partial charge in [-0.2, -0.15) is 19.9 Å². The van der Waals surface area contributed by atoms with E-state index in [1.165, 1.54) is 108 Å². The molecule has 0 fully saturated rings. The molecule has 716 valence electrons. The van der Waals surface area contributed by atoms with Crippen molar-refractivity contribution in [2.45, 2.75) is 102 Å². The third-order valence-corrected chi connectivity index (χ3v) is 24.3. The molecule has 4 aromatic heterocycles. The molecule has 4 atom stereocenters. The molecule has 12 aromatic carbocycles. The fourth-order valence-electron chi connectivity index (χ4n) is 16.6. The highest BCUT2D eigenvalue weighted by Crippen LogP contribution is 2.47. The van der Waals surface area contributed by atoms with Crippen LogP contribution in [0.5, 0.6) is 46.0 Å². The Kier molecular flexibility index (Phi) is 30.0. The average molecular weight is 1980 g/mol. The van der Waals surface area contributed by atoms with E-state index in [1.54, 1.807) is 87.4 Å². The predicted octanol–water partition coefficient (Wildman–Crippen LogP) is 20.4. The van der Waals surface area contributed by atoms with Crippen LogP contribution in [0.2, 0.25) is 20.1 Å². The molecule has 8 heterocycles. The highest BCUT2D eigenvalue weighted by atomic mass is 35.5. The number of esters is 2. The number of ether oxygens (including phenoxy) is 9. The first kappa shape index (κ1) is 96.9. The van der Waals surface area contributed by atoms with E-state index < -0.39 is 71.3 Å². The summed E-state index contributed by atoms with van der Waals surface area (Å²) in [6, 6.07) is 57.1. The summed E-state index contributed by atoms with van der Waals surface area (Å²) in [5, 5.41) is 41.5. The van der Waals surface area contributed by atoms with Gasteiger partial charge < -0.3 is 100 Å². The number of rotatable bonds is 22. The number of hydrogen-bond acceptors (Lipinski definition) is 27. The molecule has 0 unspecified atom stereocenters. The number of fused-ring (bicyclic) bond motifs is 8. The van der Waals surface area contributed by atoms with Crippen LogP contribution < -0.4 is 52.8 Å². The second kappa shape index (κ2) is 43.0. The van der Waals surface area contributed by atoms with Crippen molar-refractivity contribution in [2.24, 2.45) is 0 Å². The first-order valence-electron chi connectivity index (χ1n) is 43.0. The predicted molar refractivity (Wildman–Crippen MR) is 508 cm³/mol. The maximum Gasteiger partial charge on any atom is 0.329 e. The van der Waals surface area contributed by atoms with E-state index in [1.807, 2.05) is 84.9 Å². The van der Waals surface area contributed by atoms with Crippen LogP contribution in [0, 0.1) is 23.3 Å². The minimum Gasteiger partial charge on any atom is -0.504 e. The molecule has 4 aliphatic heterocycles. The molecule has 0 amide bonds. The number of methoxy groups -OCH3 is 6. The number of nitrogens with zero attached hydrogens (tertiary/aromatic N) is 8. The van der Waals surface area contributed by atoms with Gasteiger partial charge >= 0.3 is 23.9 Å². The molecule has 29 nitrogen and oxygen atoms in total. The van der Waals surface area contributed by atoms with E-state index in [4.69, 9.17) is 112 Å². The molecule has 4 N–H and O–H groups in total. The first-order chi connectivity index (χ1) is 67.1. The number of phenolic OH excluding ortho intramolecular Hbond substituents is 1. The summed E-state index contributed by atoms with van der Waals surface area (Å²) in [5.74, 6) is -1.34. The first-order valence-corrected chi connectivity index (χ1v) is 44.5. The minimum absolute atomic E-state index is 0.00295. The van der Waals surface area contributed by atoms with E-state index in [-0.39, 0.29) is 118 Å². The lowest BCUT2D eigenvalue weighted by Gasteiger charge is -2.35.